The van der Waals surface area contributed by atoms with Crippen LogP contribution in [0.5, 0.6) is 0 Å². The summed E-state index contributed by atoms with van der Waals surface area (Å²) in [6.45, 7) is 1.04. The van der Waals surface area contributed by atoms with Gasteiger partial charge in [0.05, 0.1) is 32.0 Å². The number of halogens is 4. The lowest BCUT2D eigenvalue weighted by atomic mass is 10.1. The molecule has 1 N–H and O–H groups in total. The monoisotopic (exact) mass is 593 g/mol. The number of anilines is 1. The molecule has 1 fully saturated rings. The van der Waals surface area contributed by atoms with E-state index in [9.17, 15) is 18.0 Å². The molecule has 36 heavy (non-hydrogen) atoms. The molecule has 1 saturated carbocycles. The van der Waals surface area contributed by atoms with Crippen LogP contribution in [0.1, 0.15) is 38.2 Å². The van der Waals surface area contributed by atoms with Gasteiger partial charge in [0, 0.05) is 12.6 Å². The second kappa shape index (κ2) is 12.2. The summed E-state index contributed by atoms with van der Waals surface area (Å²) in [4.78, 5) is 28.0. The molecule has 2 amide bonds. The molecule has 0 aromatic heterocycles. The molecule has 196 valence electrons. The summed E-state index contributed by atoms with van der Waals surface area (Å²) in [6.07, 6.45) is 4.81. The summed E-state index contributed by atoms with van der Waals surface area (Å²) >= 11 is 24.6. The number of carbonyl (C=O) groups excluding carboxylic acids is 2. The van der Waals surface area contributed by atoms with Crippen LogP contribution in [0.2, 0.25) is 20.1 Å². The van der Waals surface area contributed by atoms with Crippen molar-refractivity contribution in [2.45, 2.75) is 51.2 Å². The van der Waals surface area contributed by atoms with E-state index in [2.05, 4.69) is 5.32 Å². The van der Waals surface area contributed by atoms with Crippen molar-refractivity contribution in [2.24, 2.45) is 0 Å². The first-order valence-corrected chi connectivity index (χ1v) is 14.7. The number of rotatable bonds is 9. The van der Waals surface area contributed by atoms with Crippen LogP contribution in [0.15, 0.2) is 36.4 Å². The Morgan fingerprint density at radius 1 is 1.03 bits per heavy atom. The van der Waals surface area contributed by atoms with Crippen molar-refractivity contribution in [3.05, 3.63) is 62.1 Å². The average molecular weight is 595 g/mol. The van der Waals surface area contributed by atoms with Crippen LogP contribution in [0.4, 0.5) is 5.69 Å². The van der Waals surface area contributed by atoms with E-state index in [1.807, 2.05) is 0 Å². The van der Waals surface area contributed by atoms with Gasteiger partial charge in [-0.15, -0.1) is 0 Å². The van der Waals surface area contributed by atoms with E-state index in [4.69, 9.17) is 46.4 Å². The number of amides is 2. The Kier molecular flexibility index (Phi) is 9.80. The highest BCUT2D eigenvalue weighted by Crippen LogP contribution is 2.34. The molecule has 0 unspecified atom stereocenters. The first-order valence-electron chi connectivity index (χ1n) is 11.3. The molecule has 1 aliphatic rings. The lowest BCUT2D eigenvalue weighted by molar-refractivity contribution is -0.139. The third-order valence-corrected chi connectivity index (χ3v) is 8.76. The summed E-state index contributed by atoms with van der Waals surface area (Å²) in [5.41, 5.74) is 0.697. The molecule has 0 bridgehead atoms. The van der Waals surface area contributed by atoms with Crippen molar-refractivity contribution in [3.8, 4) is 0 Å². The minimum absolute atomic E-state index is 0.000416. The maximum atomic E-state index is 13.6. The van der Waals surface area contributed by atoms with E-state index in [0.717, 1.165) is 36.2 Å². The fraction of sp³-hybridized carbons (Fsp3) is 0.417. The van der Waals surface area contributed by atoms with Crippen LogP contribution in [0.3, 0.4) is 0 Å². The molecule has 2 aromatic rings. The first-order chi connectivity index (χ1) is 16.9. The third-order valence-electron chi connectivity index (χ3n) is 6.08. The summed E-state index contributed by atoms with van der Waals surface area (Å²) in [5, 5.41) is 3.80. The second-order valence-corrected chi connectivity index (χ2v) is 12.3. The fourth-order valence-electron chi connectivity index (χ4n) is 4.09. The maximum Gasteiger partial charge on any atom is 0.244 e. The number of carbonyl (C=O) groups is 2. The lowest BCUT2D eigenvalue weighted by Crippen LogP contribution is -2.52. The number of benzene rings is 2. The molecule has 0 heterocycles. The van der Waals surface area contributed by atoms with Crippen molar-refractivity contribution in [2.75, 3.05) is 17.1 Å². The number of nitrogens with one attached hydrogen (secondary N) is 1. The van der Waals surface area contributed by atoms with Crippen molar-refractivity contribution < 1.29 is 18.0 Å². The molecule has 0 aliphatic heterocycles. The van der Waals surface area contributed by atoms with Crippen LogP contribution in [0, 0.1) is 0 Å². The Morgan fingerprint density at radius 2 is 1.69 bits per heavy atom. The number of sulfonamides is 1. The van der Waals surface area contributed by atoms with E-state index < -0.39 is 28.5 Å². The molecule has 12 heteroatoms. The SMILES string of the molecule is C[C@@H](C(=O)NC1CCCC1)N(Cc1ccc(Cl)c(Cl)c1)C(=O)CN(c1cccc(Cl)c1Cl)S(C)(=O)=O. The summed E-state index contributed by atoms with van der Waals surface area (Å²) in [7, 11) is -3.93. The van der Waals surface area contributed by atoms with Crippen LogP contribution >= 0.6 is 46.4 Å². The van der Waals surface area contributed by atoms with Gasteiger partial charge in [0.25, 0.3) is 0 Å². The molecule has 2 aromatic carbocycles. The van der Waals surface area contributed by atoms with Gasteiger partial charge in [0.2, 0.25) is 21.8 Å². The van der Waals surface area contributed by atoms with Crippen LogP contribution in [-0.2, 0) is 26.2 Å². The van der Waals surface area contributed by atoms with Gasteiger partial charge in [-0.05, 0) is 49.6 Å². The Labute approximate surface area is 231 Å². The van der Waals surface area contributed by atoms with E-state index in [1.165, 1.54) is 23.1 Å². The molecule has 1 atom stereocenters. The van der Waals surface area contributed by atoms with E-state index >= 15 is 0 Å². The van der Waals surface area contributed by atoms with Gasteiger partial charge in [-0.25, -0.2) is 8.42 Å². The molecular weight excluding hydrogens is 568 g/mol. The Morgan fingerprint density at radius 3 is 2.31 bits per heavy atom. The molecule has 3 rings (SSSR count). The Bertz CT molecular complexity index is 1240. The van der Waals surface area contributed by atoms with Crippen molar-refractivity contribution in [1.82, 2.24) is 10.2 Å². The lowest BCUT2D eigenvalue weighted by Gasteiger charge is -2.32. The quantitative estimate of drug-likeness (QED) is 0.413. The normalized spacial score (nSPS) is 14.9. The Balaban J connectivity index is 1.93. The topological polar surface area (TPSA) is 86.8 Å². The van der Waals surface area contributed by atoms with E-state index in [-0.39, 0.29) is 34.2 Å². The van der Waals surface area contributed by atoms with Crippen molar-refractivity contribution in [1.29, 1.82) is 0 Å². The minimum Gasteiger partial charge on any atom is -0.352 e. The molecule has 0 spiro atoms. The highest BCUT2D eigenvalue weighted by Gasteiger charge is 2.32. The fourth-order valence-corrected chi connectivity index (χ4v) is 5.71. The van der Waals surface area contributed by atoms with Crippen LogP contribution in [-0.4, -0.2) is 50.0 Å². The number of hydrogen-bond donors (Lipinski definition) is 1. The predicted molar refractivity (Wildman–Crippen MR) is 146 cm³/mol. The zero-order valence-electron chi connectivity index (χ0n) is 19.8. The largest absolute Gasteiger partial charge is 0.352 e. The van der Waals surface area contributed by atoms with E-state index in [0.29, 0.717) is 15.6 Å². The van der Waals surface area contributed by atoms with Gasteiger partial charge >= 0.3 is 0 Å². The number of hydrogen-bond acceptors (Lipinski definition) is 4. The maximum absolute atomic E-state index is 13.6. The highest BCUT2D eigenvalue weighted by molar-refractivity contribution is 7.92. The first kappa shape index (κ1) is 28.9. The van der Waals surface area contributed by atoms with Crippen LogP contribution in [0.25, 0.3) is 0 Å². The average Bonchev–Trinajstić information content (AvgIpc) is 3.32. The highest BCUT2D eigenvalue weighted by atomic mass is 35.5. The zero-order chi connectivity index (χ0) is 26.6. The van der Waals surface area contributed by atoms with E-state index in [1.54, 1.807) is 25.1 Å². The molecule has 0 saturated heterocycles. The van der Waals surface area contributed by atoms with Crippen molar-refractivity contribution >= 4 is 73.9 Å². The molecule has 7 nitrogen and oxygen atoms in total. The van der Waals surface area contributed by atoms with Gasteiger partial charge in [0.15, 0.2) is 0 Å². The molecule has 1 aliphatic carbocycles. The van der Waals surface area contributed by atoms with Gasteiger partial charge in [-0.2, -0.15) is 0 Å². The minimum atomic E-state index is -3.93. The predicted octanol–water partition coefficient (Wildman–Crippen LogP) is 5.54. The number of nitrogens with zero attached hydrogens (tertiary/aromatic N) is 2. The zero-order valence-corrected chi connectivity index (χ0v) is 23.6. The van der Waals surface area contributed by atoms with Gasteiger partial charge < -0.3 is 10.2 Å². The summed E-state index contributed by atoms with van der Waals surface area (Å²) in [6, 6.07) is 8.58. The smallest absolute Gasteiger partial charge is 0.244 e. The molecule has 0 radical (unpaired) electrons. The van der Waals surface area contributed by atoms with Gasteiger partial charge in [0.1, 0.15) is 12.6 Å². The summed E-state index contributed by atoms with van der Waals surface area (Å²) in [5.74, 6) is -0.918. The van der Waals surface area contributed by atoms with Crippen LogP contribution < -0.4 is 9.62 Å². The third kappa shape index (κ3) is 7.19. The van der Waals surface area contributed by atoms with Gasteiger partial charge in [-0.1, -0.05) is 71.4 Å². The van der Waals surface area contributed by atoms with Crippen molar-refractivity contribution in [3.63, 3.8) is 0 Å². The van der Waals surface area contributed by atoms with Gasteiger partial charge in [-0.3, -0.25) is 13.9 Å². The molecular formula is C24H27Cl4N3O4S. The summed E-state index contributed by atoms with van der Waals surface area (Å²) < 4.78 is 26.2. The standard InChI is InChI=1S/C24H27Cl4N3O4S/c1-15(24(33)29-17-6-3-4-7-17)30(13-16-10-11-18(25)20(27)12-16)22(32)14-31(36(2,34)35)21-9-5-8-19(26)23(21)28/h5,8-12,15,17H,3-4,6-7,13-14H2,1-2H3,(H,29,33)/t15-/m0/s1. The Hall–Kier alpha value is -1.71. The second-order valence-electron chi connectivity index (χ2n) is 8.78.